The van der Waals surface area contributed by atoms with E-state index in [9.17, 15) is 4.79 Å². The average Bonchev–Trinajstić information content (AvgIpc) is 3.06. The summed E-state index contributed by atoms with van der Waals surface area (Å²) in [6, 6.07) is 16.4. The molecular weight excluding hydrogens is 350 g/mol. The zero-order valence-electron chi connectivity index (χ0n) is 16.5. The number of nitrogens with zero attached hydrogens (tertiary/aromatic N) is 2. The predicted molar refractivity (Wildman–Crippen MR) is 112 cm³/mol. The minimum Gasteiger partial charge on any atom is -0.379 e. The van der Waals surface area contributed by atoms with Crippen molar-refractivity contribution in [3.05, 3.63) is 71.4 Å². The van der Waals surface area contributed by atoms with Crippen LogP contribution in [0.5, 0.6) is 0 Å². The summed E-state index contributed by atoms with van der Waals surface area (Å²) >= 11 is 0. The lowest BCUT2D eigenvalue weighted by molar-refractivity contribution is 0.0332. The van der Waals surface area contributed by atoms with E-state index < -0.39 is 0 Å². The van der Waals surface area contributed by atoms with Crippen molar-refractivity contribution < 1.29 is 9.53 Å². The molecule has 1 N–H and O–H groups in total. The van der Waals surface area contributed by atoms with E-state index in [0.29, 0.717) is 0 Å². The summed E-state index contributed by atoms with van der Waals surface area (Å²) in [6.07, 6.45) is 1.92. The normalized spacial score (nSPS) is 16.2. The highest BCUT2D eigenvalue weighted by atomic mass is 16.5. The number of morpholine rings is 1. The van der Waals surface area contributed by atoms with E-state index in [0.717, 1.165) is 54.9 Å². The maximum Gasteiger partial charge on any atom is 0.253 e. The van der Waals surface area contributed by atoms with Gasteiger partial charge in [-0.3, -0.25) is 9.69 Å². The number of hydrogen-bond acceptors (Lipinski definition) is 3. The van der Waals surface area contributed by atoms with Crippen LogP contribution < -0.4 is 5.32 Å². The van der Waals surface area contributed by atoms with Crippen molar-refractivity contribution in [2.45, 2.75) is 13.0 Å². The van der Waals surface area contributed by atoms with Gasteiger partial charge < -0.3 is 14.6 Å². The minimum absolute atomic E-state index is 0.0318. The van der Waals surface area contributed by atoms with Crippen LogP contribution in [-0.4, -0.2) is 48.2 Å². The molecule has 0 aliphatic carbocycles. The zero-order chi connectivity index (χ0) is 19.5. The third kappa shape index (κ3) is 3.96. The fourth-order valence-corrected chi connectivity index (χ4v) is 3.83. The first kappa shape index (κ1) is 18.7. The highest BCUT2D eigenvalue weighted by Crippen LogP contribution is 2.22. The molecule has 1 aliphatic rings. The van der Waals surface area contributed by atoms with E-state index in [1.54, 1.807) is 0 Å². The molecule has 1 saturated heterocycles. The Labute approximate surface area is 165 Å². The Morgan fingerprint density at radius 1 is 1.11 bits per heavy atom. The first-order valence-electron chi connectivity index (χ1n) is 9.83. The quantitative estimate of drug-likeness (QED) is 0.742. The van der Waals surface area contributed by atoms with Crippen molar-refractivity contribution >= 4 is 16.8 Å². The summed E-state index contributed by atoms with van der Waals surface area (Å²) in [5, 5.41) is 4.27. The van der Waals surface area contributed by atoms with E-state index in [1.807, 2.05) is 42.1 Å². The summed E-state index contributed by atoms with van der Waals surface area (Å²) < 4.78 is 7.48. The van der Waals surface area contributed by atoms with E-state index >= 15 is 0 Å². The number of benzene rings is 2. The molecule has 1 atom stereocenters. The van der Waals surface area contributed by atoms with Gasteiger partial charge in [-0.2, -0.15) is 0 Å². The Kier molecular flexibility index (Phi) is 5.46. The molecule has 0 radical (unpaired) electrons. The standard InChI is InChI=1S/C23H27N3O2/c1-17-7-9-18(10-8-17)21(16-26-11-13-28-14-12-26)24-23(27)20-15-25(2)22-6-4-3-5-19(20)22/h3-10,15,21H,11-14,16H2,1-2H3,(H,24,27)/t21-/m1/s1. The summed E-state index contributed by atoms with van der Waals surface area (Å²) in [6.45, 7) is 6.15. The van der Waals surface area contributed by atoms with Gasteiger partial charge in [0.25, 0.3) is 5.91 Å². The second-order valence-corrected chi connectivity index (χ2v) is 7.52. The van der Waals surface area contributed by atoms with Crippen molar-refractivity contribution in [1.29, 1.82) is 0 Å². The molecule has 2 aromatic carbocycles. The van der Waals surface area contributed by atoms with E-state index in [1.165, 1.54) is 5.56 Å². The smallest absolute Gasteiger partial charge is 0.253 e. The van der Waals surface area contributed by atoms with Gasteiger partial charge in [0, 0.05) is 43.8 Å². The van der Waals surface area contributed by atoms with Gasteiger partial charge in [0.05, 0.1) is 24.8 Å². The molecular formula is C23H27N3O2. The molecule has 0 bridgehead atoms. The lowest BCUT2D eigenvalue weighted by Crippen LogP contribution is -2.43. The second-order valence-electron chi connectivity index (χ2n) is 7.52. The molecule has 5 heteroatoms. The van der Waals surface area contributed by atoms with Crippen molar-refractivity contribution in [3.8, 4) is 0 Å². The molecule has 3 aromatic rings. The van der Waals surface area contributed by atoms with Crippen LogP contribution in [0.25, 0.3) is 10.9 Å². The minimum atomic E-state index is -0.0647. The molecule has 2 heterocycles. The summed E-state index contributed by atoms with van der Waals surface area (Å²) in [5.41, 5.74) is 4.13. The number of para-hydroxylation sites is 1. The van der Waals surface area contributed by atoms with E-state index in [4.69, 9.17) is 4.74 Å². The van der Waals surface area contributed by atoms with Crippen LogP contribution in [0.2, 0.25) is 0 Å². The maximum absolute atomic E-state index is 13.2. The zero-order valence-corrected chi connectivity index (χ0v) is 16.5. The maximum atomic E-state index is 13.2. The lowest BCUT2D eigenvalue weighted by atomic mass is 10.0. The number of fused-ring (bicyclic) bond motifs is 1. The number of nitrogens with one attached hydrogen (secondary N) is 1. The second kappa shape index (κ2) is 8.17. The lowest BCUT2D eigenvalue weighted by Gasteiger charge is -2.31. The van der Waals surface area contributed by atoms with Crippen LogP contribution in [0.1, 0.15) is 27.5 Å². The first-order valence-corrected chi connectivity index (χ1v) is 9.83. The summed E-state index contributed by atoms with van der Waals surface area (Å²) in [4.78, 5) is 15.6. The van der Waals surface area contributed by atoms with Crippen molar-refractivity contribution in [2.24, 2.45) is 7.05 Å². The van der Waals surface area contributed by atoms with Gasteiger partial charge in [0.1, 0.15) is 0 Å². The largest absolute Gasteiger partial charge is 0.379 e. The van der Waals surface area contributed by atoms with Crippen LogP contribution in [-0.2, 0) is 11.8 Å². The third-order valence-corrected chi connectivity index (χ3v) is 5.47. The molecule has 0 unspecified atom stereocenters. The Morgan fingerprint density at radius 2 is 1.82 bits per heavy atom. The van der Waals surface area contributed by atoms with Crippen molar-refractivity contribution in [3.63, 3.8) is 0 Å². The van der Waals surface area contributed by atoms with Crippen molar-refractivity contribution in [1.82, 2.24) is 14.8 Å². The third-order valence-electron chi connectivity index (χ3n) is 5.47. The van der Waals surface area contributed by atoms with E-state index in [-0.39, 0.29) is 11.9 Å². The molecule has 5 nitrogen and oxygen atoms in total. The number of amides is 1. The van der Waals surface area contributed by atoms with Crippen LogP contribution in [0.15, 0.2) is 54.7 Å². The van der Waals surface area contributed by atoms with Crippen LogP contribution in [0, 0.1) is 6.92 Å². The number of rotatable bonds is 5. The molecule has 4 rings (SSSR count). The van der Waals surface area contributed by atoms with Gasteiger partial charge in [-0.15, -0.1) is 0 Å². The van der Waals surface area contributed by atoms with Gasteiger partial charge >= 0.3 is 0 Å². The molecule has 1 aliphatic heterocycles. The SMILES string of the molecule is Cc1ccc([C@@H](CN2CCOCC2)NC(=O)c2cn(C)c3ccccc23)cc1. The van der Waals surface area contributed by atoms with Crippen molar-refractivity contribution in [2.75, 3.05) is 32.8 Å². The number of carbonyl (C=O) groups is 1. The molecule has 1 fully saturated rings. The molecule has 1 aromatic heterocycles. The monoisotopic (exact) mass is 377 g/mol. The first-order chi connectivity index (χ1) is 13.6. The number of carbonyl (C=O) groups excluding carboxylic acids is 1. The fourth-order valence-electron chi connectivity index (χ4n) is 3.83. The molecule has 1 amide bonds. The Morgan fingerprint density at radius 3 is 2.57 bits per heavy atom. The predicted octanol–water partition coefficient (Wildman–Crippen LogP) is 3.29. The number of ether oxygens (including phenoxy) is 1. The number of aryl methyl sites for hydroxylation is 2. The van der Waals surface area contributed by atoms with Gasteiger partial charge in [0.15, 0.2) is 0 Å². The van der Waals surface area contributed by atoms with Gasteiger partial charge in [0.2, 0.25) is 0 Å². The highest BCUT2D eigenvalue weighted by Gasteiger charge is 2.22. The van der Waals surface area contributed by atoms with Crippen LogP contribution in [0.3, 0.4) is 0 Å². The summed E-state index contributed by atoms with van der Waals surface area (Å²) in [5.74, 6) is -0.0318. The Bertz CT molecular complexity index is 956. The molecule has 28 heavy (non-hydrogen) atoms. The average molecular weight is 377 g/mol. The van der Waals surface area contributed by atoms with Gasteiger partial charge in [-0.05, 0) is 18.6 Å². The highest BCUT2D eigenvalue weighted by molar-refractivity contribution is 6.07. The fraction of sp³-hybridized carbons (Fsp3) is 0.348. The molecule has 0 spiro atoms. The van der Waals surface area contributed by atoms with E-state index in [2.05, 4.69) is 41.4 Å². The van der Waals surface area contributed by atoms with Crippen LogP contribution >= 0.6 is 0 Å². The summed E-state index contributed by atoms with van der Waals surface area (Å²) in [7, 11) is 1.98. The number of hydrogen-bond donors (Lipinski definition) is 1. The van der Waals surface area contributed by atoms with Gasteiger partial charge in [-0.1, -0.05) is 48.0 Å². The van der Waals surface area contributed by atoms with Crippen LogP contribution in [0.4, 0.5) is 0 Å². The molecule has 0 saturated carbocycles. The topological polar surface area (TPSA) is 46.5 Å². The Balaban J connectivity index is 1.60. The number of aromatic nitrogens is 1. The van der Waals surface area contributed by atoms with Gasteiger partial charge in [-0.25, -0.2) is 0 Å². The molecule has 146 valence electrons. The Hall–Kier alpha value is -2.63.